The van der Waals surface area contributed by atoms with Crippen LogP contribution in [0, 0.1) is 0 Å². The molecule has 1 N–H and O–H groups in total. The first-order valence-corrected chi connectivity index (χ1v) is 7.59. The van der Waals surface area contributed by atoms with Crippen LogP contribution in [0.15, 0.2) is 40.9 Å². The minimum absolute atomic E-state index is 0.0229. The van der Waals surface area contributed by atoms with Crippen LogP contribution < -0.4 is 14.8 Å². The number of nitrogens with one attached hydrogen (secondary N) is 1. The van der Waals surface area contributed by atoms with E-state index in [9.17, 15) is 9.59 Å². The van der Waals surface area contributed by atoms with Crippen LogP contribution in [0.4, 0.5) is 5.69 Å². The van der Waals surface area contributed by atoms with E-state index in [0.717, 1.165) is 0 Å². The van der Waals surface area contributed by atoms with E-state index < -0.39 is 0 Å². The molecule has 5 nitrogen and oxygen atoms in total. The van der Waals surface area contributed by atoms with E-state index in [1.165, 1.54) is 21.1 Å². The van der Waals surface area contributed by atoms with E-state index in [-0.39, 0.29) is 11.7 Å². The quantitative estimate of drug-likeness (QED) is 0.801. The normalized spacial score (nSPS) is 10.1. The van der Waals surface area contributed by atoms with Crippen LogP contribution in [0.1, 0.15) is 27.6 Å². The maximum absolute atomic E-state index is 12.4. The molecule has 1 amide bonds. The van der Waals surface area contributed by atoms with E-state index in [0.29, 0.717) is 32.8 Å². The molecule has 23 heavy (non-hydrogen) atoms. The lowest BCUT2D eigenvalue weighted by Crippen LogP contribution is -2.12. The molecule has 0 atom stereocenters. The molecule has 6 heteroatoms. The second-order valence-electron chi connectivity index (χ2n) is 4.78. The van der Waals surface area contributed by atoms with Crippen molar-refractivity contribution in [1.82, 2.24) is 0 Å². The van der Waals surface area contributed by atoms with Gasteiger partial charge in [-0.15, -0.1) is 0 Å². The van der Waals surface area contributed by atoms with E-state index in [2.05, 4.69) is 21.2 Å². The number of carbonyl (C=O) groups excluding carboxylic acids is 2. The predicted molar refractivity (Wildman–Crippen MR) is 91.6 cm³/mol. The molecule has 0 saturated heterocycles. The van der Waals surface area contributed by atoms with Gasteiger partial charge in [0, 0.05) is 16.8 Å². The maximum Gasteiger partial charge on any atom is 0.255 e. The summed E-state index contributed by atoms with van der Waals surface area (Å²) in [4.78, 5) is 23.6. The van der Waals surface area contributed by atoms with Gasteiger partial charge in [-0.1, -0.05) is 0 Å². The number of hydrogen-bond acceptors (Lipinski definition) is 4. The molecule has 0 saturated carbocycles. The number of ether oxygens (including phenoxy) is 2. The number of ketones is 1. The summed E-state index contributed by atoms with van der Waals surface area (Å²) in [7, 11) is 3.03. The highest BCUT2D eigenvalue weighted by atomic mass is 79.9. The Morgan fingerprint density at radius 1 is 0.957 bits per heavy atom. The first-order chi connectivity index (χ1) is 11.0. The van der Waals surface area contributed by atoms with Crippen molar-refractivity contribution >= 4 is 33.3 Å². The molecule has 0 aliphatic rings. The van der Waals surface area contributed by atoms with Gasteiger partial charge in [-0.05, 0) is 59.3 Å². The molecule has 2 aromatic carbocycles. The highest BCUT2D eigenvalue weighted by molar-refractivity contribution is 9.10. The topological polar surface area (TPSA) is 64.6 Å². The van der Waals surface area contributed by atoms with Crippen LogP contribution in [0.3, 0.4) is 0 Å². The molecule has 0 unspecified atom stereocenters. The fourth-order valence-corrected chi connectivity index (χ4v) is 2.54. The lowest BCUT2D eigenvalue weighted by Gasteiger charge is -2.12. The number of methoxy groups -OCH3 is 2. The number of amides is 1. The number of benzene rings is 2. The van der Waals surface area contributed by atoms with Crippen LogP contribution in [0.2, 0.25) is 0 Å². The van der Waals surface area contributed by atoms with Crippen molar-refractivity contribution in [3.63, 3.8) is 0 Å². The zero-order valence-corrected chi connectivity index (χ0v) is 14.6. The average Bonchev–Trinajstić information content (AvgIpc) is 2.55. The van der Waals surface area contributed by atoms with Gasteiger partial charge in [0.05, 0.1) is 14.2 Å². The summed E-state index contributed by atoms with van der Waals surface area (Å²) in [5.74, 6) is 0.679. The van der Waals surface area contributed by atoms with Gasteiger partial charge in [0.2, 0.25) is 0 Å². The Morgan fingerprint density at radius 2 is 1.48 bits per heavy atom. The minimum Gasteiger partial charge on any atom is -0.495 e. The maximum atomic E-state index is 12.4. The van der Waals surface area contributed by atoms with Gasteiger partial charge < -0.3 is 14.8 Å². The number of hydrogen-bond donors (Lipinski definition) is 1. The van der Waals surface area contributed by atoms with Crippen molar-refractivity contribution in [1.29, 1.82) is 0 Å². The third kappa shape index (κ3) is 3.90. The number of Topliss-reactive ketones (excluding diaryl/α,β-unsaturated/α-hetero) is 1. The summed E-state index contributed by atoms with van der Waals surface area (Å²) in [6, 6.07) is 9.93. The lowest BCUT2D eigenvalue weighted by atomic mass is 10.1. The van der Waals surface area contributed by atoms with Crippen LogP contribution in [0.5, 0.6) is 11.5 Å². The average molecular weight is 378 g/mol. The molecule has 0 radical (unpaired) electrons. The molecule has 120 valence electrons. The third-order valence-electron chi connectivity index (χ3n) is 3.26. The molecule has 2 aromatic rings. The van der Waals surface area contributed by atoms with E-state index in [1.54, 1.807) is 36.4 Å². The smallest absolute Gasteiger partial charge is 0.255 e. The van der Waals surface area contributed by atoms with Crippen molar-refractivity contribution in [2.45, 2.75) is 6.92 Å². The summed E-state index contributed by atoms with van der Waals surface area (Å²) >= 11 is 3.36. The van der Waals surface area contributed by atoms with Gasteiger partial charge in [0.1, 0.15) is 16.0 Å². The van der Waals surface area contributed by atoms with E-state index in [4.69, 9.17) is 9.47 Å². The third-order valence-corrected chi connectivity index (χ3v) is 4.04. The Morgan fingerprint density at radius 3 is 1.91 bits per heavy atom. The monoisotopic (exact) mass is 377 g/mol. The summed E-state index contributed by atoms with van der Waals surface area (Å²) in [6.45, 7) is 1.49. The molecule has 0 fully saturated rings. The van der Waals surface area contributed by atoms with Gasteiger partial charge in [-0.3, -0.25) is 9.59 Å². The van der Waals surface area contributed by atoms with Crippen molar-refractivity contribution < 1.29 is 19.1 Å². The van der Waals surface area contributed by atoms with Gasteiger partial charge >= 0.3 is 0 Å². The number of rotatable bonds is 5. The molecule has 0 aliphatic carbocycles. The number of anilines is 1. The number of halogens is 1. The highest BCUT2D eigenvalue weighted by Gasteiger charge is 2.15. The Kier molecular flexibility index (Phi) is 5.39. The van der Waals surface area contributed by atoms with Crippen LogP contribution in [-0.2, 0) is 0 Å². The fourth-order valence-electron chi connectivity index (χ4n) is 1.99. The zero-order chi connectivity index (χ0) is 17.0. The molecule has 0 bridgehead atoms. The summed E-state index contributed by atoms with van der Waals surface area (Å²) in [6.07, 6.45) is 0. The van der Waals surface area contributed by atoms with Gasteiger partial charge in [-0.2, -0.15) is 0 Å². The second kappa shape index (κ2) is 7.28. The van der Waals surface area contributed by atoms with Crippen LogP contribution in [0.25, 0.3) is 0 Å². The first-order valence-electron chi connectivity index (χ1n) is 6.80. The standard InChI is InChI=1S/C17H16BrNO4/c1-10(20)11-4-6-13(7-5-11)19-17(21)12-8-14(22-2)16(18)15(9-12)23-3/h4-9H,1-3H3,(H,19,21). The van der Waals surface area contributed by atoms with Crippen LogP contribution >= 0.6 is 15.9 Å². The fraction of sp³-hybridized carbons (Fsp3) is 0.176. The molecule has 0 heterocycles. The Bertz CT molecular complexity index is 716. The van der Waals surface area contributed by atoms with Gasteiger partial charge in [0.15, 0.2) is 5.78 Å². The Labute approximate surface area is 142 Å². The summed E-state index contributed by atoms with van der Waals surface area (Å²) < 4.78 is 11.1. The second-order valence-corrected chi connectivity index (χ2v) is 5.58. The Balaban J connectivity index is 2.25. The SMILES string of the molecule is COc1cc(C(=O)Nc2ccc(C(C)=O)cc2)cc(OC)c1Br. The number of carbonyl (C=O) groups is 2. The van der Waals surface area contributed by atoms with Gasteiger partial charge in [0.25, 0.3) is 5.91 Å². The molecule has 0 aliphatic heterocycles. The minimum atomic E-state index is -0.301. The van der Waals surface area contributed by atoms with Crippen molar-refractivity contribution in [3.8, 4) is 11.5 Å². The highest BCUT2D eigenvalue weighted by Crippen LogP contribution is 2.35. The molecule has 0 spiro atoms. The zero-order valence-electron chi connectivity index (χ0n) is 13.0. The lowest BCUT2D eigenvalue weighted by molar-refractivity contribution is 0.101. The van der Waals surface area contributed by atoms with Crippen molar-refractivity contribution in [2.24, 2.45) is 0 Å². The summed E-state index contributed by atoms with van der Waals surface area (Å²) in [5.41, 5.74) is 1.59. The first kappa shape index (κ1) is 17.0. The molecular weight excluding hydrogens is 362 g/mol. The summed E-state index contributed by atoms with van der Waals surface area (Å²) in [5, 5.41) is 2.77. The molecule has 0 aromatic heterocycles. The predicted octanol–water partition coefficient (Wildman–Crippen LogP) is 3.92. The molecule has 2 rings (SSSR count). The van der Waals surface area contributed by atoms with Crippen molar-refractivity contribution in [2.75, 3.05) is 19.5 Å². The van der Waals surface area contributed by atoms with Crippen LogP contribution in [-0.4, -0.2) is 25.9 Å². The molecular formula is C17H16BrNO4. The van der Waals surface area contributed by atoms with Crippen molar-refractivity contribution in [3.05, 3.63) is 52.0 Å². The van der Waals surface area contributed by atoms with Gasteiger partial charge in [-0.25, -0.2) is 0 Å². The van der Waals surface area contributed by atoms with E-state index in [1.807, 2.05) is 0 Å². The largest absolute Gasteiger partial charge is 0.495 e. The Hall–Kier alpha value is -2.34. The van der Waals surface area contributed by atoms with E-state index >= 15 is 0 Å².